The second kappa shape index (κ2) is 4.84. The Morgan fingerprint density at radius 2 is 2.00 bits per heavy atom. The number of hydrogen-bond acceptors (Lipinski definition) is 5. The van der Waals surface area contributed by atoms with E-state index in [1.54, 1.807) is 0 Å². The summed E-state index contributed by atoms with van der Waals surface area (Å²) in [5.41, 5.74) is 4.39. The Labute approximate surface area is 117 Å². The van der Waals surface area contributed by atoms with Gasteiger partial charge in [-0.05, 0) is 6.07 Å². The van der Waals surface area contributed by atoms with Crippen molar-refractivity contribution in [3.63, 3.8) is 0 Å². The van der Waals surface area contributed by atoms with E-state index < -0.39 is 26.7 Å². The molecule has 2 heterocycles. The lowest BCUT2D eigenvalue weighted by molar-refractivity contribution is -0.137. The topological polar surface area (TPSA) is 103 Å². The first kappa shape index (κ1) is 15.0. The molecule has 0 bridgehead atoms. The van der Waals surface area contributed by atoms with Gasteiger partial charge in [0.25, 0.3) is 10.0 Å². The number of pyridine rings is 1. The summed E-state index contributed by atoms with van der Waals surface area (Å²) in [5, 5.41) is 3.46. The highest BCUT2D eigenvalue weighted by Crippen LogP contribution is 2.30. The van der Waals surface area contributed by atoms with Crippen LogP contribution >= 0.6 is 0 Å². The van der Waals surface area contributed by atoms with Crippen molar-refractivity contribution in [1.82, 2.24) is 14.8 Å². The molecule has 21 heavy (non-hydrogen) atoms. The van der Waals surface area contributed by atoms with Crippen LogP contribution < -0.4 is 5.73 Å². The smallest absolute Gasteiger partial charge is 0.397 e. The highest BCUT2D eigenvalue weighted by atomic mass is 32.2. The van der Waals surface area contributed by atoms with Crippen LogP contribution in [0.1, 0.15) is 5.56 Å². The molecular weight excluding hydrogens is 311 g/mol. The van der Waals surface area contributed by atoms with Crippen LogP contribution in [0.3, 0.4) is 0 Å². The van der Waals surface area contributed by atoms with E-state index in [4.69, 9.17) is 5.73 Å². The first-order valence-electron chi connectivity index (χ1n) is 5.26. The highest BCUT2D eigenvalue weighted by Gasteiger charge is 2.33. The maximum absolute atomic E-state index is 12.5. The molecule has 2 aromatic rings. The quantitative estimate of drug-likeness (QED) is 0.858. The molecule has 0 aliphatic rings. The average Bonchev–Trinajstić information content (AvgIpc) is 2.88. The number of hydrogen-bond donors (Lipinski definition) is 1. The monoisotopic (exact) mass is 319 g/mol. The van der Waals surface area contributed by atoms with Gasteiger partial charge in [-0.2, -0.15) is 31.1 Å². The van der Waals surface area contributed by atoms with Gasteiger partial charge in [0, 0.05) is 12.9 Å². The van der Waals surface area contributed by atoms with Gasteiger partial charge in [-0.15, -0.1) is 0 Å². The molecule has 0 radical (unpaired) electrons. The molecule has 0 aromatic carbocycles. The minimum Gasteiger partial charge on any atom is -0.397 e. The SMILES string of the molecule is C=NS(=O)(=O)c1cc(N)cnc1-n1cc(C(F)(F)F)cn1. The Balaban J connectivity index is 2.65. The highest BCUT2D eigenvalue weighted by molar-refractivity contribution is 7.90. The predicted molar refractivity (Wildman–Crippen MR) is 67.5 cm³/mol. The summed E-state index contributed by atoms with van der Waals surface area (Å²) in [7, 11) is -4.20. The average molecular weight is 319 g/mol. The van der Waals surface area contributed by atoms with Crippen LogP contribution in [0.15, 0.2) is 34.0 Å². The van der Waals surface area contributed by atoms with Gasteiger partial charge >= 0.3 is 6.18 Å². The van der Waals surface area contributed by atoms with E-state index in [1.807, 2.05) is 0 Å². The van der Waals surface area contributed by atoms with Crippen LogP contribution in [0.5, 0.6) is 0 Å². The third-order valence-electron chi connectivity index (χ3n) is 2.43. The number of nitrogens with zero attached hydrogens (tertiary/aromatic N) is 4. The van der Waals surface area contributed by atoms with Crippen LogP contribution in [0, 0.1) is 0 Å². The fourth-order valence-electron chi connectivity index (χ4n) is 1.47. The Hall–Kier alpha value is -2.43. The fourth-order valence-corrected chi connectivity index (χ4v) is 2.27. The molecule has 7 nitrogen and oxygen atoms in total. The van der Waals surface area contributed by atoms with Crippen molar-refractivity contribution in [2.75, 3.05) is 5.73 Å². The minimum absolute atomic E-state index is 0.00387. The summed E-state index contributed by atoms with van der Waals surface area (Å²) >= 11 is 0. The first-order chi connectivity index (χ1) is 9.65. The summed E-state index contributed by atoms with van der Waals surface area (Å²) in [6, 6.07) is 1.02. The van der Waals surface area contributed by atoms with Crippen molar-refractivity contribution in [1.29, 1.82) is 0 Å². The van der Waals surface area contributed by atoms with E-state index in [-0.39, 0.29) is 11.5 Å². The minimum atomic E-state index is -4.61. The van der Waals surface area contributed by atoms with E-state index in [1.165, 1.54) is 0 Å². The maximum atomic E-state index is 12.5. The number of rotatable bonds is 3. The molecular formula is C10H8F3N5O2S. The van der Waals surface area contributed by atoms with Crippen molar-refractivity contribution in [3.8, 4) is 5.82 Å². The van der Waals surface area contributed by atoms with E-state index in [0.29, 0.717) is 17.1 Å². The molecule has 0 aliphatic heterocycles. The van der Waals surface area contributed by atoms with Gasteiger partial charge in [0.2, 0.25) is 0 Å². The number of alkyl halides is 3. The molecule has 0 unspecified atom stereocenters. The fraction of sp³-hybridized carbons (Fsp3) is 0.100. The molecule has 2 rings (SSSR count). The number of sulfonamides is 1. The molecule has 0 fully saturated rings. The predicted octanol–water partition coefficient (Wildman–Crippen LogP) is 1.26. The van der Waals surface area contributed by atoms with Crippen molar-refractivity contribution in [3.05, 3.63) is 30.2 Å². The van der Waals surface area contributed by atoms with Crippen LogP contribution in [0.2, 0.25) is 0 Å². The van der Waals surface area contributed by atoms with E-state index in [2.05, 4.69) is 21.2 Å². The molecule has 2 aromatic heterocycles. The second-order valence-electron chi connectivity index (χ2n) is 3.87. The third kappa shape index (κ3) is 2.86. The molecule has 0 spiro atoms. The van der Waals surface area contributed by atoms with Gasteiger partial charge in [0.05, 0.1) is 23.6 Å². The van der Waals surface area contributed by atoms with Gasteiger partial charge in [0.15, 0.2) is 5.82 Å². The zero-order valence-electron chi connectivity index (χ0n) is 10.2. The molecule has 112 valence electrons. The van der Waals surface area contributed by atoms with Gasteiger partial charge in [-0.3, -0.25) is 0 Å². The molecule has 0 atom stereocenters. The molecule has 0 saturated heterocycles. The second-order valence-corrected chi connectivity index (χ2v) is 5.51. The van der Waals surface area contributed by atoms with Crippen LogP contribution in [0.25, 0.3) is 5.82 Å². The van der Waals surface area contributed by atoms with Crippen molar-refractivity contribution >= 4 is 22.4 Å². The van der Waals surface area contributed by atoms with Crippen LogP contribution in [-0.2, 0) is 16.2 Å². The third-order valence-corrected chi connectivity index (χ3v) is 3.63. The van der Waals surface area contributed by atoms with Crippen molar-refractivity contribution in [2.45, 2.75) is 11.1 Å². The zero-order valence-corrected chi connectivity index (χ0v) is 11.1. The van der Waals surface area contributed by atoms with Crippen LogP contribution in [-0.4, -0.2) is 29.9 Å². The Kier molecular flexibility index (Phi) is 3.45. The molecule has 11 heteroatoms. The molecule has 0 amide bonds. The van der Waals surface area contributed by atoms with Gasteiger partial charge in [0.1, 0.15) is 4.90 Å². The number of anilines is 1. The summed E-state index contributed by atoms with van der Waals surface area (Å²) in [5.74, 6) is -0.355. The maximum Gasteiger partial charge on any atom is 0.419 e. The van der Waals surface area contributed by atoms with E-state index in [0.717, 1.165) is 12.3 Å². The number of nitrogen functional groups attached to an aromatic ring is 1. The lowest BCUT2D eigenvalue weighted by Gasteiger charge is -2.07. The van der Waals surface area contributed by atoms with Crippen molar-refractivity contribution < 1.29 is 21.6 Å². The van der Waals surface area contributed by atoms with E-state index in [9.17, 15) is 21.6 Å². The summed E-state index contributed by atoms with van der Waals surface area (Å²) in [6.45, 7) is 2.90. The number of aromatic nitrogens is 3. The summed E-state index contributed by atoms with van der Waals surface area (Å²) < 4.78 is 64.8. The number of nitrogens with two attached hydrogens (primary N) is 1. The molecule has 0 saturated carbocycles. The van der Waals surface area contributed by atoms with Crippen LogP contribution in [0.4, 0.5) is 18.9 Å². The van der Waals surface area contributed by atoms with Crippen molar-refractivity contribution in [2.24, 2.45) is 4.40 Å². The van der Waals surface area contributed by atoms with Gasteiger partial charge in [-0.25, -0.2) is 9.67 Å². The Morgan fingerprint density at radius 1 is 1.33 bits per heavy atom. The van der Waals surface area contributed by atoms with Gasteiger partial charge < -0.3 is 5.73 Å². The Bertz CT molecular complexity index is 797. The zero-order chi connectivity index (χ0) is 15.8. The normalized spacial score (nSPS) is 12.3. The van der Waals surface area contributed by atoms with Gasteiger partial charge in [-0.1, -0.05) is 0 Å². The summed E-state index contributed by atoms with van der Waals surface area (Å²) in [6.07, 6.45) is -2.36. The largest absolute Gasteiger partial charge is 0.419 e. The first-order valence-corrected chi connectivity index (χ1v) is 6.70. The molecule has 0 aliphatic carbocycles. The lowest BCUT2D eigenvalue weighted by Crippen LogP contribution is -2.09. The number of halogens is 3. The standard InChI is InChI=1S/C10H8F3N5O2S/c1-15-21(19,20)8-2-7(14)4-16-9(8)18-5-6(3-17-18)10(11,12)13/h2-5H,1,14H2. The lowest BCUT2D eigenvalue weighted by atomic mass is 10.3. The summed E-state index contributed by atoms with van der Waals surface area (Å²) in [4.78, 5) is 3.21. The Morgan fingerprint density at radius 3 is 2.52 bits per heavy atom. The van der Waals surface area contributed by atoms with E-state index >= 15 is 0 Å². The molecule has 2 N–H and O–H groups in total.